The van der Waals surface area contributed by atoms with Gasteiger partial charge in [-0.25, -0.2) is 0 Å². The Morgan fingerprint density at radius 2 is 2.29 bits per heavy atom. The lowest BCUT2D eigenvalue weighted by Gasteiger charge is -2.31. The molecule has 1 atom stereocenters. The number of aryl methyl sites for hydroxylation is 1. The van der Waals surface area contributed by atoms with Gasteiger partial charge in [0, 0.05) is 19.2 Å². The number of piperidine rings is 1. The summed E-state index contributed by atoms with van der Waals surface area (Å²) in [5.74, 6) is 0. The minimum Gasteiger partial charge on any atom is -0.391 e. The van der Waals surface area contributed by atoms with Gasteiger partial charge in [0.15, 0.2) is 0 Å². The summed E-state index contributed by atoms with van der Waals surface area (Å²) in [5, 5.41) is 20.6. The standard InChI is InChI=1S/C12H16N2O3/c1-9-4-5-11(14(16)17)12(7-9)13-6-2-3-10(15)8-13/h4-5,7,10,15H,2-3,6,8H2,1H3. The normalized spacial score (nSPS) is 20.4. The van der Waals surface area contributed by atoms with E-state index in [9.17, 15) is 15.2 Å². The third-order valence-electron chi connectivity index (χ3n) is 3.06. The van der Waals surface area contributed by atoms with Gasteiger partial charge >= 0.3 is 0 Å². The average molecular weight is 236 g/mol. The lowest BCUT2D eigenvalue weighted by atomic mass is 10.1. The van der Waals surface area contributed by atoms with Crippen LogP contribution in [0.1, 0.15) is 18.4 Å². The molecular formula is C12H16N2O3. The first-order valence-electron chi connectivity index (χ1n) is 5.76. The zero-order chi connectivity index (χ0) is 12.4. The highest BCUT2D eigenvalue weighted by atomic mass is 16.6. The van der Waals surface area contributed by atoms with Crippen LogP contribution in [0, 0.1) is 17.0 Å². The van der Waals surface area contributed by atoms with Gasteiger partial charge in [0.25, 0.3) is 5.69 Å². The molecule has 1 unspecified atom stereocenters. The number of hydrogen-bond donors (Lipinski definition) is 1. The summed E-state index contributed by atoms with van der Waals surface area (Å²) in [7, 11) is 0. The number of anilines is 1. The van der Waals surface area contributed by atoms with Gasteiger partial charge in [-0.15, -0.1) is 0 Å². The molecule has 2 rings (SSSR count). The van der Waals surface area contributed by atoms with Gasteiger partial charge in [-0.3, -0.25) is 10.1 Å². The van der Waals surface area contributed by atoms with Gasteiger partial charge in [0.1, 0.15) is 5.69 Å². The largest absolute Gasteiger partial charge is 0.391 e. The fourth-order valence-corrected chi connectivity index (χ4v) is 2.21. The molecule has 5 nitrogen and oxygen atoms in total. The van der Waals surface area contributed by atoms with E-state index in [0.29, 0.717) is 12.2 Å². The van der Waals surface area contributed by atoms with Crippen molar-refractivity contribution in [1.29, 1.82) is 0 Å². The molecule has 17 heavy (non-hydrogen) atoms. The van der Waals surface area contributed by atoms with Crippen LogP contribution in [-0.4, -0.2) is 29.2 Å². The molecule has 1 saturated heterocycles. The van der Waals surface area contributed by atoms with Crippen LogP contribution in [0.5, 0.6) is 0 Å². The number of nitro benzene ring substituents is 1. The number of aliphatic hydroxyl groups excluding tert-OH is 1. The maximum atomic E-state index is 11.0. The van der Waals surface area contributed by atoms with Gasteiger partial charge in [-0.05, 0) is 31.4 Å². The number of nitrogens with zero attached hydrogens (tertiary/aromatic N) is 2. The number of aliphatic hydroxyl groups is 1. The molecule has 1 heterocycles. The summed E-state index contributed by atoms with van der Waals surface area (Å²) < 4.78 is 0. The van der Waals surface area contributed by atoms with E-state index in [2.05, 4.69) is 0 Å². The van der Waals surface area contributed by atoms with Crippen molar-refractivity contribution in [2.75, 3.05) is 18.0 Å². The fourth-order valence-electron chi connectivity index (χ4n) is 2.21. The molecule has 1 fully saturated rings. The first-order valence-corrected chi connectivity index (χ1v) is 5.76. The highest BCUT2D eigenvalue weighted by Crippen LogP contribution is 2.31. The molecule has 0 saturated carbocycles. The minimum atomic E-state index is -0.385. The summed E-state index contributed by atoms with van der Waals surface area (Å²) in [6, 6.07) is 5.09. The van der Waals surface area contributed by atoms with Crippen LogP contribution < -0.4 is 4.90 Å². The van der Waals surface area contributed by atoms with Crippen LogP contribution in [0.15, 0.2) is 18.2 Å². The van der Waals surface area contributed by atoms with Crippen molar-refractivity contribution in [3.8, 4) is 0 Å². The zero-order valence-electron chi connectivity index (χ0n) is 9.80. The molecule has 1 aromatic carbocycles. The van der Waals surface area contributed by atoms with E-state index in [1.807, 2.05) is 17.9 Å². The molecule has 1 N–H and O–H groups in total. The van der Waals surface area contributed by atoms with Crippen molar-refractivity contribution >= 4 is 11.4 Å². The third kappa shape index (κ3) is 2.55. The van der Waals surface area contributed by atoms with E-state index in [1.165, 1.54) is 6.07 Å². The van der Waals surface area contributed by atoms with Crippen LogP contribution in [0.25, 0.3) is 0 Å². The summed E-state index contributed by atoms with van der Waals surface area (Å²) in [5.41, 5.74) is 1.73. The summed E-state index contributed by atoms with van der Waals surface area (Å²) in [4.78, 5) is 12.5. The van der Waals surface area contributed by atoms with E-state index < -0.39 is 0 Å². The predicted octanol–water partition coefficient (Wildman–Crippen LogP) is 1.86. The van der Waals surface area contributed by atoms with Crippen LogP contribution >= 0.6 is 0 Å². The SMILES string of the molecule is Cc1ccc([N+](=O)[O-])c(N2CCCC(O)C2)c1. The van der Waals surface area contributed by atoms with Crippen LogP contribution in [-0.2, 0) is 0 Å². The van der Waals surface area contributed by atoms with Crippen molar-refractivity contribution in [3.05, 3.63) is 33.9 Å². The van der Waals surface area contributed by atoms with Gasteiger partial charge in [0.2, 0.25) is 0 Å². The summed E-state index contributed by atoms with van der Waals surface area (Å²) >= 11 is 0. The number of benzene rings is 1. The Kier molecular flexibility index (Phi) is 3.28. The molecule has 0 radical (unpaired) electrons. The molecule has 0 aliphatic carbocycles. The van der Waals surface area contributed by atoms with E-state index in [1.54, 1.807) is 6.07 Å². The quantitative estimate of drug-likeness (QED) is 0.628. The molecule has 1 aliphatic heterocycles. The fraction of sp³-hybridized carbons (Fsp3) is 0.500. The lowest BCUT2D eigenvalue weighted by molar-refractivity contribution is -0.384. The molecule has 0 aromatic heterocycles. The Hall–Kier alpha value is -1.62. The molecule has 0 amide bonds. The molecule has 0 spiro atoms. The number of β-amino-alcohol motifs (C(OH)–C–C–N with tert-alkyl or cyclic N) is 1. The highest BCUT2D eigenvalue weighted by Gasteiger charge is 2.24. The minimum absolute atomic E-state index is 0.115. The van der Waals surface area contributed by atoms with Gasteiger partial charge in [0.05, 0.1) is 11.0 Å². The van der Waals surface area contributed by atoms with Gasteiger partial charge < -0.3 is 10.0 Å². The monoisotopic (exact) mass is 236 g/mol. The molecule has 92 valence electrons. The van der Waals surface area contributed by atoms with E-state index >= 15 is 0 Å². The Labute approximate surface area is 99.8 Å². The maximum absolute atomic E-state index is 11.0. The van der Waals surface area contributed by atoms with Gasteiger partial charge in [-0.1, -0.05) is 6.07 Å². The van der Waals surface area contributed by atoms with Crippen molar-refractivity contribution in [1.82, 2.24) is 0 Å². The van der Waals surface area contributed by atoms with Crippen LogP contribution in [0.4, 0.5) is 11.4 Å². The van der Waals surface area contributed by atoms with Crippen molar-refractivity contribution in [2.45, 2.75) is 25.9 Å². The molecular weight excluding hydrogens is 220 g/mol. The number of nitro groups is 1. The zero-order valence-corrected chi connectivity index (χ0v) is 9.80. The molecule has 1 aromatic rings. The van der Waals surface area contributed by atoms with Crippen molar-refractivity contribution in [2.24, 2.45) is 0 Å². The topological polar surface area (TPSA) is 66.6 Å². The third-order valence-corrected chi connectivity index (χ3v) is 3.06. The maximum Gasteiger partial charge on any atom is 0.292 e. The molecule has 0 bridgehead atoms. The van der Waals surface area contributed by atoms with Crippen molar-refractivity contribution in [3.63, 3.8) is 0 Å². The molecule has 1 aliphatic rings. The second-order valence-corrected chi connectivity index (χ2v) is 4.49. The summed E-state index contributed by atoms with van der Waals surface area (Å²) in [6.07, 6.45) is 1.26. The molecule has 5 heteroatoms. The Bertz CT molecular complexity index is 434. The van der Waals surface area contributed by atoms with E-state index in [0.717, 1.165) is 24.9 Å². The highest BCUT2D eigenvalue weighted by molar-refractivity contribution is 5.64. The summed E-state index contributed by atoms with van der Waals surface area (Å²) in [6.45, 7) is 3.15. The van der Waals surface area contributed by atoms with E-state index in [4.69, 9.17) is 0 Å². The van der Waals surface area contributed by atoms with Crippen LogP contribution in [0.3, 0.4) is 0 Å². The Balaban J connectivity index is 2.35. The van der Waals surface area contributed by atoms with Crippen LogP contribution in [0.2, 0.25) is 0 Å². The first-order chi connectivity index (χ1) is 8.08. The number of rotatable bonds is 2. The lowest BCUT2D eigenvalue weighted by Crippen LogP contribution is -2.38. The Morgan fingerprint density at radius 1 is 1.53 bits per heavy atom. The second kappa shape index (κ2) is 4.71. The van der Waals surface area contributed by atoms with Gasteiger partial charge in [-0.2, -0.15) is 0 Å². The second-order valence-electron chi connectivity index (χ2n) is 4.49. The Morgan fingerprint density at radius 3 is 2.94 bits per heavy atom. The smallest absolute Gasteiger partial charge is 0.292 e. The average Bonchev–Trinajstić information content (AvgIpc) is 2.28. The van der Waals surface area contributed by atoms with Crippen molar-refractivity contribution < 1.29 is 10.0 Å². The predicted molar refractivity (Wildman–Crippen MR) is 65.3 cm³/mol. The van der Waals surface area contributed by atoms with E-state index in [-0.39, 0.29) is 16.7 Å². The number of hydrogen-bond acceptors (Lipinski definition) is 4. The first kappa shape index (κ1) is 11.9.